The second-order valence-electron chi connectivity index (χ2n) is 4.87. The zero-order valence-corrected chi connectivity index (χ0v) is 13.9. The minimum atomic E-state index is -3.68. The molecule has 0 aliphatic heterocycles. The summed E-state index contributed by atoms with van der Waals surface area (Å²) >= 11 is 0. The Morgan fingerprint density at radius 1 is 1.05 bits per heavy atom. The highest BCUT2D eigenvalue weighted by molar-refractivity contribution is 7.89. The van der Waals surface area contributed by atoms with Crippen LogP contribution in [-0.4, -0.2) is 66.1 Å². The molecule has 1 aromatic rings. The molecule has 0 fully saturated rings. The Morgan fingerprint density at radius 3 is 2.10 bits per heavy atom. The molecule has 0 atom stereocenters. The average molecular weight is 317 g/mol. The fourth-order valence-corrected chi connectivity index (χ4v) is 3.05. The van der Waals surface area contributed by atoms with E-state index in [-0.39, 0.29) is 16.3 Å². The molecule has 0 aromatic heterocycles. The van der Waals surface area contributed by atoms with Gasteiger partial charge >= 0.3 is 0 Å². The van der Waals surface area contributed by atoms with Crippen LogP contribution in [0, 0.1) is 0 Å². The van der Waals surface area contributed by atoms with Gasteiger partial charge in [0.25, 0.3) is 0 Å². The highest BCUT2D eigenvalue weighted by Crippen LogP contribution is 2.34. The summed E-state index contributed by atoms with van der Waals surface area (Å²) in [5.74, 6) is 0.583. The molecule has 2 N–H and O–H groups in total. The van der Waals surface area contributed by atoms with Gasteiger partial charge < -0.3 is 20.1 Å². The zero-order valence-electron chi connectivity index (χ0n) is 13.1. The second kappa shape index (κ2) is 6.97. The van der Waals surface area contributed by atoms with E-state index in [1.807, 2.05) is 19.0 Å². The second-order valence-corrected chi connectivity index (χ2v) is 6.89. The molecular weight excluding hydrogens is 294 g/mol. The Bertz CT molecular complexity index is 587. The molecule has 0 saturated carbocycles. The Balaban J connectivity index is 3.21. The maximum absolute atomic E-state index is 12.6. The number of anilines is 1. The van der Waals surface area contributed by atoms with E-state index >= 15 is 0 Å². The molecule has 1 aromatic carbocycles. The summed E-state index contributed by atoms with van der Waals surface area (Å²) in [6, 6.07) is 2.83. The van der Waals surface area contributed by atoms with Crippen LogP contribution in [0.15, 0.2) is 17.0 Å². The Hall–Kier alpha value is -1.51. The van der Waals surface area contributed by atoms with Crippen LogP contribution in [0.25, 0.3) is 0 Å². The molecule has 0 aliphatic rings. The highest BCUT2D eigenvalue weighted by Gasteiger charge is 2.26. The van der Waals surface area contributed by atoms with Gasteiger partial charge in [-0.05, 0) is 20.2 Å². The monoisotopic (exact) mass is 317 g/mol. The fourth-order valence-electron chi connectivity index (χ4n) is 1.72. The quantitative estimate of drug-likeness (QED) is 0.736. The molecule has 7 nitrogen and oxygen atoms in total. The van der Waals surface area contributed by atoms with Crippen LogP contribution in [0.4, 0.5) is 5.69 Å². The number of methoxy groups -OCH3 is 2. The van der Waals surface area contributed by atoms with Gasteiger partial charge in [-0.25, -0.2) is 8.42 Å². The largest absolute Gasteiger partial charge is 0.495 e. The van der Waals surface area contributed by atoms with Crippen LogP contribution in [0.2, 0.25) is 0 Å². The lowest BCUT2D eigenvalue weighted by atomic mass is 10.3. The van der Waals surface area contributed by atoms with E-state index in [2.05, 4.69) is 0 Å². The normalized spacial score (nSPS) is 12.0. The minimum Gasteiger partial charge on any atom is -0.495 e. The molecule has 0 spiro atoms. The van der Waals surface area contributed by atoms with E-state index in [1.165, 1.54) is 37.7 Å². The average Bonchev–Trinajstić information content (AvgIpc) is 2.44. The first-order valence-electron chi connectivity index (χ1n) is 6.36. The smallest absolute Gasteiger partial charge is 0.246 e. The number of ether oxygens (including phenoxy) is 2. The highest BCUT2D eigenvalue weighted by atomic mass is 32.2. The van der Waals surface area contributed by atoms with Crippen LogP contribution in [0.1, 0.15) is 0 Å². The summed E-state index contributed by atoms with van der Waals surface area (Å²) < 4.78 is 36.7. The number of sulfonamides is 1. The predicted molar refractivity (Wildman–Crippen MR) is 82.3 cm³/mol. The van der Waals surface area contributed by atoms with E-state index in [4.69, 9.17) is 15.2 Å². The van der Waals surface area contributed by atoms with E-state index in [9.17, 15) is 8.42 Å². The molecule has 0 bridgehead atoms. The first-order chi connectivity index (χ1) is 9.73. The zero-order chi connectivity index (χ0) is 16.2. The van der Waals surface area contributed by atoms with Gasteiger partial charge in [0, 0.05) is 26.2 Å². The molecule has 0 amide bonds. The Kier molecular flexibility index (Phi) is 5.82. The van der Waals surface area contributed by atoms with Gasteiger partial charge in [0.05, 0.1) is 19.9 Å². The Labute approximate surface area is 126 Å². The summed E-state index contributed by atoms with van der Waals surface area (Å²) in [6.07, 6.45) is 0. The molecule has 0 radical (unpaired) electrons. The van der Waals surface area contributed by atoms with Gasteiger partial charge in [0.2, 0.25) is 10.0 Å². The van der Waals surface area contributed by atoms with Crippen molar-refractivity contribution >= 4 is 15.7 Å². The van der Waals surface area contributed by atoms with E-state index in [0.29, 0.717) is 18.8 Å². The van der Waals surface area contributed by atoms with Crippen molar-refractivity contribution in [3.05, 3.63) is 12.1 Å². The van der Waals surface area contributed by atoms with Crippen LogP contribution >= 0.6 is 0 Å². The standard InChI is InChI=1S/C13H23N3O4S/c1-15(2)6-7-16(3)21(17,18)13-8-10(14)11(19-4)9-12(13)20-5/h8-9H,6-7,14H2,1-5H3. The molecule has 8 heteroatoms. The van der Waals surface area contributed by atoms with Crippen LogP contribution in [0.3, 0.4) is 0 Å². The molecule has 21 heavy (non-hydrogen) atoms. The van der Waals surface area contributed by atoms with Gasteiger partial charge in [0.15, 0.2) is 0 Å². The predicted octanol–water partition coefficient (Wildman–Crippen LogP) is 0.468. The van der Waals surface area contributed by atoms with Crippen molar-refractivity contribution in [2.45, 2.75) is 4.90 Å². The van der Waals surface area contributed by atoms with Gasteiger partial charge in [-0.2, -0.15) is 4.31 Å². The molecule has 120 valence electrons. The summed E-state index contributed by atoms with van der Waals surface area (Å²) in [6.45, 7) is 0.980. The minimum absolute atomic E-state index is 0.0320. The summed E-state index contributed by atoms with van der Waals surface area (Å²) in [4.78, 5) is 1.94. The Morgan fingerprint density at radius 2 is 1.62 bits per heavy atom. The number of nitrogens with two attached hydrogens (primary N) is 1. The number of rotatable bonds is 7. The number of hydrogen-bond acceptors (Lipinski definition) is 6. The van der Waals surface area contributed by atoms with Crippen molar-refractivity contribution in [3.63, 3.8) is 0 Å². The third kappa shape index (κ3) is 3.99. The molecule has 0 aliphatic carbocycles. The number of nitrogens with zero attached hydrogens (tertiary/aromatic N) is 2. The summed E-state index contributed by atoms with van der Waals surface area (Å²) in [7, 11) is 4.48. The van der Waals surface area contributed by atoms with Gasteiger partial charge in [-0.1, -0.05) is 0 Å². The van der Waals surface area contributed by atoms with Gasteiger partial charge in [0.1, 0.15) is 16.4 Å². The number of hydrogen-bond donors (Lipinski definition) is 1. The molecular formula is C13H23N3O4S. The topological polar surface area (TPSA) is 85.1 Å². The fraction of sp³-hybridized carbons (Fsp3) is 0.538. The van der Waals surface area contributed by atoms with Gasteiger partial charge in [-0.3, -0.25) is 0 Å². The number of likely N-dealkylation sites (N-methyl/N-ethyl adjacent to an activating group) is 2. The maximum Gasteiger partial charge on any atom is 0.246 e. The van der Waals surface area contributed by atoms with Gasteiger partial charge in [-0.15, -0.1) is 0 Å². The maximum atomic E-state index is 12.6. The van der Waals surface area contributed by atoms with Crippen molar-refractivity contribution in [1.29, 1.82) is 0 Å². The SMILES string of the molecule is COc1cc(OC)c(S(=O)(=O)N(C)CCN(C)C)cc1N. The first kappa shape index (κ1) is 17.5. The number of benzene rings is 1. The molecule has 0 unspecified atom stereocenters. The van der Waals surface area contributed by atoms with E-state index in [0.717, 1.165) is 0 Å². The third-order valence-corrected chi connectivity index (χ3v) is 4.94. The lowest BCUT2D eigenvalue weighted by Crippen LogP contribution is -2.33. The molecule has 1 rings (SSSR count). The van der Waals surface area contributed by atoms with Crippen molar-refractivity contribution in [3.8, 4) is 11.5 Å². The lowest BCUT2D eigenvalue weighted by molar-refractivity contribution is 0.355. The van der Waals surface area contributed by atoms with E-state index < -0.39 is 10.0 Å². The first-order valence-corrected chi connectivity index (χ1v) is 7.80. The van der Waals surface area contributed by atoms with Crippen LogP contribution in [0.5, 0.6) is 11.5 Å². The van der Waals surface area contributed by atoms with Crippen molar-refractivity contribution in [1.82, 2.24) is 9.21 Å². The molecule has 0 saturated heterocycles. The molecule has 0 heterocycles. The summed E-state index contributed by atoms with van der Waals surface area (Å²) in [5.41, 5.74) is 6.05. The third-order valence-electron chi connectivity index (χ3n) is 3.07. The lowest BCUT2D eigenvalue weighted by Gasteiger charge is -2.21. The summed E-state index contributed by atoms with van der Waals surface area (Å²) in [5, 5.41) is 0. The van der Waals surface area contributed by atoms with Crippen molar-refractivity contribution in [2.75, 3.05) is 54.2 Å². The van der Waals surface area contributed by atoms with Crippen molar-refractivity contribution in [2.24, 2.45) is 0 Å². The van der Waals surface area contributed by atoms with Crippen molar-refractivity contribution < 1.29 is 17.9 Å². The number of nitrogen functional groups attached to an aromatic ring is 1. The van der Waals surface area contributed by atoms with Crippen LogP contribution in [-0.2, 0) is 10.0 Å². The van der Waals surface area contributed by atoms with E-state index in [1.54, 1.807) is 0 Å². The van der Waals surface area contributed by atoms with Crippen LogP contribution < -0.4 is 15.2 Å².